The van der Waals surface area contributed by atoms with E-state index in [-0.39, 0.29) is 17.2 Å². The van der Waals surface area contributed by atoms with E-state index < -0.39 is 0 Å². The Morgan fingerprint density at radius 2 is 1.87 bits per heavy atom. The van der Waals surface area contributed by atoms with Gasteiger partial charge in [0.25, 0.3) is 11.1 Å². The molecule has 4 nitrogen and oxygen atoms in total. The molecule has 3 aromatic rings. The summed E-state index contributed by atoms with van der Waals surface area (Å²) in [5.41, 5.74) is 2.96. The number of hydrogen-bond acceptors (Lipinski definition) is 3. The Labute approximate surface area is 189 Å². The number of carbonyl (C=O) groups excluding carboxylic acids is 2. The number of para-hydroxylation sites is 1. The smallest absolute Gasteiger partial charge is 0.293 e. The van der Waals surface area contributed by atoms with E-state index in [2.05, 4.69) is 4.57 Å². The van der Waals surface area contributed by atoms with Gasteiger partial charge < -0.3 is 4.57 Å². The van der Waals surface area contributed by atoms with Crippen LogP contribution in [0.5, 0.6) is 0 Å². The molecule has 0 unspecified atom stereocenters. The number of thioether (sulfide) groups is 1. The van der Waals surface area contributed by atoms with Crippen LogP contribution < -0.4 is 0 Å². The molecule has 0 N–H and O–H groups in total. The summed E-state index contributed by atoms with van der Waals surface area (Å²) in [4.78, 5) is 27.0. The summed E-state index contributed by atoms with van der Waals surface area (Å²) in [7, 11) is 0. The molecule has 1 aromatic heterocycles. The highest BCUT2D eigenvalue weighted by Crippen LogP contribution is 2.36. The molecule has 4 rings (SSSR count). The van der Waals surface area contributed by atoms with Crippen molar-refractivity contribution < 1.29 is 9.59 Å². The van der Waals surface area contributed by atoms with Gasteiger partial charge in [0, 0.05) is 35.2 Å². The molecule has 1 saturated heterocycles. The second-order valence-electron chi connectivity index (χ2n) is 7.29. The minimum atomic E-state index is -0.222. The number of fused-ring (bicyclic) bond motifs is 1. The lowest BCUT2D eigenvalue weighted by Gasteiger charge is -2.19. The average molecular weight is 459 g/mol. The lowest BCUT2D eigenvalue weighted by Crippen LogP contribution is -2.36. The molecular formula is C23H20Cl2N2O2S. The van der Waals surface area contributed by atoms with Gasteiger partial charge in [0.1, 0.15) is 0 Å². The van der Waals surface area contributed by atoms with E-state index in [0.29, 0.717) is 21.5 Å². The lowest BCUT2D eigenvalue weighted by molar-refractivity contribution is -0.124. The maximum absolute atomic E-state index is 12.8. The van der Waals surface area contributed by atoms with Crippen molar-refractivity contribution in [1.29, 1.82) is 0 Å². The van der Waals surface area contributed by atoms with E-state index in [1.54, 1.807) is 6.07 Å². The van der Waals surface area contributed by atoms with Gasteiger partial charge in [0.05, 0.1) is 15.0 Å². The fourth-order valence-electron chi connectivity index (χ4n) is 3.54. The second kappa shape index (κ2) is 8.50. The zero-order chi connectivity index (χ0) is 21.4. The Hall–Kier alpha value is -2.21. The molecule has 1 fully saturated rings. The zero-order valence-corrected chi connectivity index (χ0v) is 18.9. The van der Waals surface area contributed by atoms with Crippen LogP contribution in [0.2, 0.25) is 10.0 Å². The molecule has 0 saturated carbocycles. The van der Waals surface area contributed by atoms with Gasteiger partial charge in [-0.3, -0.25) is 14.5 Å². The normalized spacial score (nSPS) is 16.8. The van der Waals surface area contributed by atoms with Crippen LogP contribution in [-0.4, -0.2) is 26.7 Å². The number of imide groups is 1. The molecule has 30 heavy (non-hydrogen) atoms. The summed E-state index contributed by atoms with van der Waals surface area (Å²) in [6.45, 7) is 4.47. The lowest BCUT2D eigenvalue weighted by atomic mass is 10.1. The Balaban J connectivity index is 1.72. The van der Waals surface area contributed by atoms with Crippen molar-refractivity contribution in [2.24, 2.45) is 0 Å². The van der Waals surface area contributed by atoms with Gasteiger partial charge in [0.15, 0.2) is 0 Å². The number of amides is 2. The number of benzene rings is 2. The third-order valence-corrected chi connectivity index (χ3v) is 6.92. The first kappa shape index (κ1) is 21.0. The van der Waals surface area contributed by atoms with Crippen molar-refractivity contribution in [2.45, 2.75) is 32.9 Å². The first-order chi connectivity index (χ1) is 14.4. The summed E-state index contributed by atoms with van der Waals surface area (Å²) in [5, 5.41) is 1.85. The summed E-state index contributed by atoms with van der Waals surface area (Å²) in [6, 6.07) is 13.5. The molecule has 2 aromatic carbocycles. The second-order valence-corrected chi connectivity index (χ2v) is 9.09. The molecule has 2 amide bonds. The molecule has 1 atom stereocenters. The predicted molar refractivity (Wildman–Crippen MR) is 125 cm³/mol. The fraction of sp³-hybridized carbons (Fsp3) is 0.217. The van der Waals surface area contributed by atoms with Gasteiger partial charge in [0.2, 0.25) is 0 Å². The van der Waals surface area contributed by atoms with Gasteiger partial charge in [-0.2, -0.15) is 0 Å². The summed E-state index contributed by atoms with van der Waals surface area (Å²) < 4.78 is 2.11. The van der Waals surface area contributed by atoms with Gasteiger partial charge in [-0.25, -0.2) is 0 Å². The number of hydrogen-bond donors (Lipinski definition) is 0. The summed E-state index contributed by atoms with van der Waals surface area (Å²) in [6.07, 6.45) is 4.56. The minimum Gasteiger partial charge on any atom is -0.342 e. The molecule has 1 aliphatic rings. The van der Waals surface area contributed by atoms with E-state index >= 15 is 0 Å². The Morgan fingerprint density at radius 3 is 2.60 bits per heavy atom. The van der Waals surface area contributed by atoms with Crippen molar-refractivity contribution in [1.82, 2.24) is 9.47 Å². The van der Waals surface area contributed by atoms with E-state index in [1.807, 2.05) is 62.5 Å². The first-order valence-electron chi connectivity index (χ1n) is 9.68. The third kappa shape index (κ3) is 3.89. The highest BCUT2D eigenvalue weighted by Gasteiger charge is 2.37. The van der Waals surface area contributed by atoms with Gasteiger partial charge in [-0.15, -0.1) is 0 Å². The molecule has 154 valence electrons. The third-order valence-electron chi connectivity index (χ3n) is 5.30. The fourth-order valence-corrected chi connectivity index (χ4v) is 4.78. The maximum Gasteiger partial charge on any atom is 0.293 e. The maximum atomic E-state index is 12.8. The van der Waals surface area contributed by atoms with E-state index in [1.165, 1.54) is 4.90 Å². The van der Waals surface area contributed by atoms with Crippen molar-refractivity contribution in [3.8, 4) is 0 Å². The van der Waals surface area contributed by atoms with Crippen LogP contribution in [0.4, 0.5) is 4.79 Å². The standard InChI is InChI=1S/C23H20Cl2N2O2S/c1-3-14(2)27-22(28)21(30-23(27)29)11-16-13-26(20-7-5-4-6-17(16)20)12-15-8-9-18(24)19(25)10-15/h4-11,13-14H,3,12H2,1-2H3/b21-11+/t14-/m1/s1. The Morgan fingerprint density at radius 1 is 1.10 bits per heavy atom. The molecule has 0 bridgehead atoms. The zero-order valence-electron chi connectivity index (χ0n) is 16.6. The van der Waals surface area contributed by atoms with Crippen LogP contribution >= 0.6 is 35.0 Å². The van der Waals surface area contributed by atoms with Crippen LogP contribution in [0.1, 0.15) is 31.4 Å². The Bertz CT molecular complexity index is 1190. The highest BCUT2D eigenvalue weighted by atomic mass is 35.5. The quantitative estimate of drug-likeness (QED) is 0.393. The monoisotopic (exact) mass is 458 g/mol. The van der Waals surface area contributed by atoms with Crippen LogP contribution in [-0.2, 0) is 11.3 Å². The number of aromatic nitrogens is 1. The van der Waals surface area contributed by atoms with Gasteiger partial charge >= 0.3 is 0 Å². The predicted octanol–water partition coefficient (Wildman–Crippen LogP) is 6.83. The van der Waals surface area contributed by atoms with E-state index in [0.717, 1.165) is 40.2 Å². The van der Waals surface area contributed by atoms with E-state index in [4.69, 9.17) is 23.2 Å². The Kier molecular flexibility index (Phi) is 5.96. The van der Waals surface area contributed by atoms with Crippen LogP contribution in [0.25, 0.3) is 17.0 Å². The molecular weight excluding hydrogens is 439 g/mol. The number of rotatable bonds is 5. The van der Waals surface area contributed by atoms with Gasteiger partial charge in [-0.1, -0.05) is 54.4 Å². The van der Waals surface area contributed by atoms with Crippen molar-refractivity contribution >= 4 is 63.1 Å². The van der Waals surface area contributed by atoms with Crippen molar-refractivity contribution in [3.05, 3.63) is 74.7 Å². The highest BCUT2D eigenvalue weighted by molar-refractivity contribution is 8.18. The number of nitrogens with zero attached hydrogens (tertiary/aromatic N) is 2. The molecule has 0 radical (unpaired) electrons. The topological polar surface area (TPSA) is 42.3 Å². The molecule has 0 aliphatic carbocycles. The molecule has 1 aliphatic heterocycles. The van der Waals surface area contributed by atoms with Crippen LogP contribution in [0.3, 0.4) is 0 Å². The SMILES string of the molecule is CC[C@@H](C)N1C(=O)S/C(=C/c2cn(Cc3ccc(Cl)c(Cl)c3)c3ccccc23)C1=O. The molecule has 0 spiro atoms. The van der Waals surface area contributed by atoms with Crippen molar-refractivity contribution in [2.75, 3.05) is 0 Å². The number of carbonyl (C=O) groups is 2. The van der Waals surface area contributed by atoms with Crippen LogP contribution in [0, 0.1) is 0 Å². The number of halogens is 2. The first-order valence-corrected chi connectivity index (χ1v) is 11.2. The van der Waals surface area contributed by atoms with E-state index in [9.17, 15) is 9.59 Å². The molecule has 2 heterocycles. The minimum absolute atomic E-state index is 0.112. The van der Waals surface area contributed by atoms with Gasteiger partial charge in [-0.05, 0) is 54.9 Å². The van der Waals surface area contributed by atoms with Crippen molar-refractivity contribution in [3.63, 3.8) is 0 Å². The molecule has 7 heteroatoms. The summed E-state index contributed by atoms with van der Waals surface area (Å²) >= 11 is 13.2. The average Bonchev–Trinajstić information content (AvgIpc) is 3.21. The largest absolute Gasteiger partial charge is 0.342 e. The summed E-state index contributed by atoms with van der Waals surface area (Å²) in [5.74, 6) is -0.222. The van der Waals surface area contributed by atoms with Crippen LogP contribution in [0.15, 0.2) is 53.6 Å².